The molecule has 4 heteroatoms. The summed E-state index contributed by atoms with van der Waals surface area (Å²) < 4.78 is 32.1. The summed E-state index contributed by atoms with van der Waals surface area (Å²) in [5.41, 5.74) is 2.48. The van der Waals surface area contributed by atoms with E-state index in [0.717, 1.165) is 16.7 Å². The molecule has 0 saturated heterocycles. The molecule has 2 aromatic rings. The lowest BCUT2D eigenvalue weighted by Crippen LogP contribution is -2.08. The van der Waals surface area contributed by atoms with Crippen LogP contribution in [-0.4, -0.2) is 7.05 Å². The Labute approximate surface area is 117 Å². The third-order valence-corrected chi connectivity index (χ3v) is 3.08. The number of ether oxygens (including phenoxy) is 1. The molecule has 0 amide bonds. The van der Waals surface area contributed by atoms with E-state index in [9.17, 15) is 8.78 Å². The second-order valence-corrected chi connectivity index (χ2v) is 4.64. The molecule has 0 fully saturated rings. The van der Waals surface area contributed by atoms with Crippen molar-refractivity contribution in [1.29, 1.82) is 0 Å². The van der Waals surface area contributed by atoms with Crippen LogP contribution in [0.15, 0.2) is 36.4 Å². The highest BCUT2D eigenvalue weighted by molar-refractivity contribution is 5.35. The van der Waals surface area contributed by atoms with Gasteiger partial charge in [-0.3, -0.25) is 0 Å². The van der Waals surface area contributed by atoms with Crippen molar-refractivity contribution in [3.05, 3.63) is 64.7 Å². The van der Waals surface area contributed by atoms with E-state index >= 15 is 0 Å². The minimum Gasteiger partial charge on any atom is -0.489 e. The first-order valence-electron chi connectivity index (χ1n) is 6.41. The number of nitrogens with one attached hydrogen (secondary N) is 1. The van der Waals surface area contributed by atoms with Gasteiger partial charge in [-0.05, 0) is 55.4 Å². The second kappa shape index (κ2) is 6.48. The SMILES string of the molecule is CNCc1cc(F)ccc1OCc1cc(F)ccc1C. The molecule has 2 aromatic carbocycles. The summed E-state index contributed by atoms with van der Waals surface area (Å²) in [4.78, 5) is 0. The molecule has 0 aromatic heterocycles. The Morgan fingerprint density at radius 1 is 1.00 bits per heavy atom. The summed E-state index contributed by atoms with van der Waals surface area (Å²) in [7, 11) is 1.78. The molecular formula is C16H17F2NO. The van der Waals surface area contributed by atoms with Crippen LogP contribution >= 0.6 is 0 Å². The van der Waals surface area contributed by atoms with Crippen molar-refractivity contribution < 1.29 is 13.5 Å². The number of hydrogen-bond acceptors (Lipinski definition) is 2. The number of benzene rings is 2. The van der Waals surface area contributed by atoms with Crippen LogP contribution in [-0.2, 0) is 13.2 Å². The maximum atomic E-state index is 13.2. The highest BCUT2D eigenvalue weighted by Gasteiger charge is 2.07. The zero-order chi connectivity index (χ0) is 14.5. The fourth-order valence-corrected chi connectivity index (χ4v) is 1.97. The topological polar surface area (TPSA) is 21.3 Å². The van der Waals surface area contributed by atoms with Crippen LogP contribution in [0.1, 0.15) is 16.7 Å². The molecule has 0 aliphatic heterocycles. The maximum Gasteiger partial charge on any atom is 0.124 e. The molecule has 20 heavy (non-hydrogen) atoms. The Hall–Kier alpha value is -1.94. The molecule has 0 spiro atoms. The van der Waals surface area contributed by atoms with Crippen molar-refractivity contribution in [3.63, 3.8) is 0 Å². The van der Waals surface area contributed by atoms with Crippen molar-refractivity contribution in [2.75, 3.05) is 7.05 Å². The molecule has 0 radical (unpaired) electrons. The van der Waals surface area contributed by atoms with Crippen LogP contribution in [0.4, 0.5) is 8.78 Å². The summed E-state index contributed by atoms with van der Waals surface area (Å²) in [5.74, 6) is 0.0118. The quantitative estimate of drug-likeness (QED) is 0.902. The van der Waals surface area contributed by atoms with Gasteiger partial charge in [-0.15, -0.1) is 0 Å². The molecule has 0 saturated carbocycles. The van der Waals surface area contributed by atoms with Crippen molar-refractivity contribution in [1.82, 2.24) is 5.32 Å². The second-order valence-electron chi connectivity index (χ2n) is 4.64. The standard InChI is InChI=1S/C16H17F2NO/c1-11-3-4-14(17)8-13(11)10-20-16-6-5-15(18)7-12(16)9-19-2/h3-8,19H,9-10H2,1-2H3. The minimum absolute atomic E-state index is 0.256. The van der Waals surface area contributed by atoms with Gasteiger partial charge >= 0.3 is 0 Å². The summed E-state index contributed by atoms with van der Waals surface area (Å²) >= 11 is 0. The largest absolute Gasteiger partial charge is 0.489 e. The lowest BCUT2D eigenvalue weighted by molar-refractivity contribution is 0.300. The van der Waals surface area contributed by atoms with Gasteiger partial charge in [-0.1, -0.05) is 6.07 Å². The van der Waals surface area contributed by atoms with Gasteiger partial charge in [0.15, 0.2) is 0 Å². The highest BCUT2D eigenvalue weighted by Crippen LogP contribution is 2.22. The smallest absolute Gasteiger partial charge is 0.124 e. The van der Waals surface area contributed by atoms with Gasteiger partial charge in [0.1, 0.15) is 24.0 Å². The van der Waals surface area contributed by atoms with Crippen molar-refractivity contribution in [2.24, 2.45) is 0 Å². The number of rotatable bonds is 5. The van der Waals surface area contributed by atoms with Crippen molar-refractivity contribution in [2.45, 2.75) is 20.1 Å². The van der Waals surface area contributed by atoms with Crippen LogP contribution in [0.3, 0.4) is 0 Å². The van der Waals surface area contributed by atoms with Crippen molar-refractivity contribution in [3.8, 4) is 5.75 Å². The average Bonchev–Trinajstić information content (AvgIpc) is 2.42. The Morgan fingerprint density at radius 3 is 2.35 bits per heavy atom. The number of aryl methyl sites for hydroxylation is 1. The molecule has 0 unspecified atom stereocenters. The molecule has 1 N–H and O–H groups in total. The van der Waals surface area contributed by atoms with Gasteiger partial charge in [0, 0.05) is 12.1 Å². The highest BCUT2D eigenvalue weighted by atomic mass is 19.1. The first kappa shape index (κ1) is 14.5. The molecule has 0 aliphatic rings. The Bertz CT molecular complexity index is 599. The molecule has 0 bridgehead atoms. The summed E-state index contributed by atoms with van der Waals surface area (Å²) in [6.07, 6.45) is 0. The normalized spacial score (nSPS) is 10.6. The van der Waals surface area contributed by atoms with Gasteiger partial charge < -0.3 is 10.1 Å². The minimum atomic E-state index is -0.301. The summed E-state index contributed by atoms with van der Waals surface area (Å²) in [6.45, 7) is 2.67. The van der Waals surface area contributed by atoms with Gasteiger partial charge in [-0.25, -0.2) is 8.78 Å². The molecule has 0 atom stereocenters. The zero-order valence-corrected chi connectivity index (χ0v) is 11.5. The van der Waals surface area contributed by atoms with E-state index in [1.165, 1.54) is 24.3 Å². The van der Waals surface area contributed by atoms with E-state index in [1.54, 1.807) is 19.2 Å². The fraction of sp³-hybridized carbons (Fsp3) is 0.250. The zero-order valence-electron chi connectivity index (χ0n) is 11.5. The third kappa shape index (κ3) is 3.54. The monoisotopic (exact) mass is 277 g/mol. The van der Waals surface area contributed by atoms with E-state index in [4.69, 9.17) is 4.74 Å². The van der Waals surface area contributed by atoms with E-state index in [-0.39, 0.29) is 18.2 Å². The van der Waals surface area contributed by atoms with Gasteiger partial charge in [0.05, 0.1) is 0 Å². The van der Waals surface area contributed by atoms with Crippen LogP contribution in [0.5, 0.6) is 5.75 Å². The van der Waals surface area contributed by atoms with Crippen LogP contribution in [0.2, 0.25) is 0 Å². The van der Waals surface area contributed by atoms with Gasteiger partial charge in [0.2, 0.25) is 0 Å². The van der Waals surface area contributed by atoms with Crippen LogP contribution in [0.25, 0.3) is 0 Å². The lowest BCUT2D eigenvalue weighted by Gasteiger charge is -2.13. The molecule has 0 heterocycles. The predicted octanol–water partition coefficient (Wildman–Crippen LogP) is 3.57. The van der Waals surface area contributed by atoms with Gasteiger partial charge in [-0.2, -0.15) is 0 Å². The van der Waals surface area contributed by atoms with Crippen LogP contribution < -0.4 is 10.1 Å². The molecule has 2 rings (SSSR count). The van der Waals surface area contributed by atoms with Gasteiger partial charge in [0.25, 0.3) is 0 Å². The first-order chi connectivity index (χ1) is 9.60. The Morgan fingerprint density at radius 2 is 1.65 bits per heavy atom. The Balaban J connectivity index is 2.16. The number of hydrogen-bond donors (Lipinski definition) is 1. The van der Waals surface area contributed by atoms with E-state index in [2.05, 4.69) is 5.32 Å². The fourth-order valence-electron chi connectivity index (χ4n) is 1.97. The summed E-state index contributed by atoms with van der Waals surface area (Å²) in [5, 5.41) is 2.96. The van der Waals surface area contributed by atoms with E-state index in [0.29, 0.717) is 12.3 Å². The Kier molecular flexibility index (Phi) is 4.69. The van der Waals surface area contributed by atoms with E-state index in [1.807, 2.05) is 6.92 Å². The van der Waals surface area contributed by atoms with Crippen molar-refractivity contribution >= 4 is 0 Å². The maximum absolute atomic E-state index is 13.2. The third-order valence-electron chi connectivity index (χ3n) is 3.08. The molecule has 0 aliphatic carbocycles. The predicted molar refractivity (Wildman–Crippen MR) is 74.6 cm³/mol. The summed E-state index contributed by atoms with van der Waals surface area (Å²) in [6, 6.07) is 8.97. The average molecular weight is 277 g/mol. The first-order valence-corrected chi connectivity index (χ1v) is 6.41. The van der Waals surface area contributed by atoms with E-state index < -0.39 is 0 Å². The molecule has 2 nitrogen and oxygen atoms in total. The lowest BCUT2D eigenvalue weighted by atomic mass is 10.1. The molecule has 106 valence electrons. The van der Waals surface area contributed by atoms with Crippen LogP contribution in [0, 0.1) is 18.6 Å². The molecular weight excluding hydrogens is 260 g/mol. The number of halogens is 2.